The van der Waals surface area contributed by atoms with Crippen LogP contribution in [-0.2, 0) is 10.0 Å². The van der Waals surface area contributed by atoms with Crippen LogP contribution in [0.2, 0.25) is 5.15 Å². The van der Waals surface area contributed by atoms with Crippen LogP contribution in [0.4, 0.5) is 0 Å². The Hall–Kier alpha value is -0.630. The van der Waals surface area contributed by atoms with E-state index in [1.165, 1.54) is 11.3 Å². The number of halogens is 1. The molecule has 0 spiro atoms. The van der Waals surface area contributed by atoms with Gasteiger partial charge in [0.1, 0.15) is 0 Å². The summed E-state index contributed by atoms with van der Waals surface area (Å²) in [7, 11) is -3.59. The van der Waals surface area contributed by atoms with Gasteiger partial charge in [-0.1, -0.05) is 11.6 Å². The van der Waals surface area contributed by atoms with Crippen LogP contribution in [0.3, 0.4) is 0 Å². The molecule has 0 atom stereocenters. The van der Waals surface area contributed by atoms with Crippen molar-refractivity contribution in [2.24, 2.45) is 11.8 Å². The number of aromatic nitrogens is 2. The molecule has 4 rings (SSSR count). The predicted octanol–water partition coefficient (Wildman–Crippen LogP) is 2.86. The van der Waals surface area contributed by atoms with Gasteiger partial charge < -0.3 is 0 Å². The van der Waals surface area contributed by atoms with Crippen molar-refractivity contribution in [3.05, 3.63) is 16.7 Å². The van der Waals surface area contributed by atoms with Crippen molar-refractivity contribution in [3.8, 4) is 0 Å². The molecule has 0 aliphatic heterocycles. The molecule has 5 nitrogen and oxygen atoms in total. The molecular weight excluding hydrogens is 330 g/mol. The summed E-state index contributed by atoms with van der Waals surface area (Å²) < 4.78 is 29.3. The summed E-state index contributed by atoms with van der Waals surface area (Å²) in [5, 5.41) is 2.03. The predicted molar refractivity (Wildman–Crippen MR) is 82.3 cm³/mol. The average molecular weight is 346 g/mol. The highest BCUT2D eigenvalue weighted by Crippen LogP contribution is 2.37. The zero-order valence-corrected chi connectivity index (χ0v) is 13.8. The monoisotopic (exact) mass is 345 g/mol. The number of fused-ring (bicyclic) bond motifs is 1. The second-order valence-corrected chi connectivity index (χ2v) is 9.06. The van der Waals surface area contributed by atoms with Crippen LogP contribution < -0.4 is 0 Å². The Bertz CT molecular complexity index is 761. The van der Waals surface area contributed by atoms with Crippen LogP contribution in [0, 0.1) is 11.8 Å². The molecule has 2 fully saturated rings. The van der Waals surface area contributed by atoms with Gasteiger partial charge >= 0.3 is 0 Å². The lowest BCUT2D eigenvalue weighted by molar-refractivity contribution is 0.380. The Morgan fingerprint density at radius 2 is 1.90 bits per heavy atom. The minimum absolute atomic E-state index is 0.0819. The number of hydrogen-bond donors (Lipinski definition) is 0. The van der Waals surface area contributed by atoms with Crippen LogP contribution in [0.5, 0.6) is 0 Å². The molecule has 2 saturated carbocycles. The first kappa shape index (κ1) is 14.0. The van der Waals surface area contributed by atoms with Crippen LogP contribution in [0.15, 0.2) is 16.6 Å². The SMILES string of the molecule is O=S(=O)(c1c(Cl)nc2sccn12)N(CC1CC1)CC1CC1. The van der Waals surface area contributed by atoms with E-state index in [-0.39, 0.29) is 10.2 Å². The molecule has 2 aromatic rings. The molecular formula is C13H16ClN3O2S2. The maximum absolute atomic E-state index is 13.0. The lowest BCUT2D eigenvalue weighted by atomic mass is 10.4. The molecule has 2 heterocycles. The lowest BCUT2D eigenvalue weighted by Crippen LogP contribution is -2.35. The van der Waals surface area contributed by atoms with Crippen molar-refractivity contribution in [1.82, 2.24) is 13.7 Å². The highest BCUT2D eigenvalue weighted by atomic mass is 35.5. The molecule has 0 unspecified atom stereocenters. The highest BCUT2D eigenvalue weighted by molar-refractivity contribution is 7.89. The summed E-state index contributed by atoms with van der Waals surface area (Å²) in [6.07, 6.45) is 6.24. The van der Waals surface area contributed by atoms with Crippen molar-refractivity contribution < 1.29 is 8.42 Å². The summed E-state index contributed by atoms with van der Waals surface area (Å²) in [4.78, 5) is 4.77. The molecule has 0 bridgehead atoms. The number of nitrogens with zero attached hydrogens (tertiary/aromatic N) is 3. The Kier molecular flexibility index (Phi) is 3.29. The molecule has 2 aromatic heterocycles. The van der Waals surface area contributed by atoms with Crippen molar-refractivity contribution in [2.75, 3.05) is 13.1 Å². The van der Waals surface area contributed by atoms with Crippen LogP contribution in [0.1, 0.15) is 25.7 Å². The van der Waals surface area contributed by atoms with E-state index in [0.29, 0.717) is 29.9 Å². The summed E-state index contributed by atoms with van der Waals surface area (Å²) >= 11 is 7.50. The lowest BCUT2D eigenvalue weighted by Gasteiger charge is -2.21. The van der Waals surface area contributed by atoms with E-state index in [1.807, 2.05) is 5.38 Å². The summed E-state index contributed by atoms with van der Waals surface area (Å²) in [6, 6.07) is 0. The fourth-order valence-electron chi connectivity index (χ4n) is 2.54. The third kappa shape index (κ3) is 2.60. The fourth-order valence-corrected chi connectivity index (χ4v) is 5.54. The van der Waals surface area contributed by atoms with Gasteiger partial charge in [0, 0.05) is 24.7 Å². The van der Waals surface area contributed by atoms with E-state index in [9.17, 15) is 8.42 Å². The molecule has 0 N–H and O–H groups in total. The van der Waals surface area contributed by atoms with E-state index in [1.54, 1.807) is 14.9 Å². The quantitative estimate of drug-likeness (QED) is 0.809. The van der Waals surface area contributed by atoms with Crippen molar-refractivity contribution >= 4 is 37.9 Å². The van der Waals surface area contributed by atoms with Crippen LogP contribution in [-0.4, -0.2) is 35.2 Å². The summed E-state index contributed by atoms with van der Waals surface area (Å²) in [6.45, 7) is 1.24. The molecule has 0 aromatic carbocycles. The second-order valence-electron chi connectivity index (χ2n) is 5.97. The first-order valence-electron chi connectivity index (χ1n) is 7.17. The summed E-state index contributed by atoms with van der Waals surface area (Å²) in [5.74, 6) is 1.03. The van der Waals surface area contributed by atoms with Gasteiger partial charge in [-0.05, 0) is 37.5 Å². The fraction of sp³-hybridized carbons (Fsp3) is 0.615. The minimum Gasteiger partial charge on any atom is -0.279 e. The van der Waals surface area contributed by atoms with Gasteiger partial charge in [-0.2, -0.15) is 4.31 Å². The van der Waals surface area contributed by atoms with Gasteiger partial charge in [-0.15, -0.1) is 11.3 Å². The Labute approximate surface area is 132 Å². The average Bonchev–Trinajstić information content (AvgIpc) is 3.31. The standard InChI is InChI=1S/C13H16ClN3O2S2/c14-11-12(17-5-6-20-13(17)15-11)21(18,19)16(7-9-1-2-9)8-10-3-4-10/h5-6,9-10H,1-4,7-8H2. The van der Waals surface area contributed by atoms with Gasteiger partial charge in [0.2, 0.25) is 0 Å². The highest BCUT2D eigenvalue weighted by Gasteiger charge is 2.38. The van der Waals surface area contributed by atoms with Crippen molar-refractivity contribution in [2.45, 2.75) is 30.7 Å². The van der Waals surface area contributed by atoms with Gasteiger partial charge in [-0.3, -0.25) is 4.40 Å². The van der Waals surface area contributed by atoms with Crippen LogP contribution in [0.25, 0.3) is 4.96 Å². The maximum Gasteiger partial charge on any atom is 0.262 e. The maximum atomic E-state index is 13.0. The normalized spacial score (nSPS) is 19.7. The smallest absolute Gasteiger partial charge is 0.262 e. The third-order valence-electron chi connectivity index (χ3n) is 4.08. The van der Waals surface area contributed by atoms with E-state index in [0.717, 1.165) is 25.7 Å². The molecule has 114 valence electrons. The Morgan fingerprint density at radius 1 is 1.29 bits per heavy atom. The second kappa shape index (κ2) is 4.94. The van der Waals surface area contributed by atoms with Gasteiger partial charge in [-0.25, -0.2) is 13.4 Å². The molecule has 0 saturated heterocycles. The van der Waals surface area contributed by atoms with Gasteiger partial charge in [0.05, 0.1) is 0 Å². The molecule has 0 radical (unpaired) electrons. The van der Waals surface area contributed by atoms with E-state index >= 15 is 0 Å². The van der Waals surface area contributed by atoms with Crippen molar-refractivity contribution in [3.63, 3.8) is 0 Å². The summed E-state index contributed by atoms with van der Waals surface area (Å²) in [5.41, 5.74) is 0. The first-order chi connectivity index (χ1) is 10.1. The first-order valence-corrected chi connectivity index (χ1v) is 9.86. The topological polar surface area (TPSA) is 54.7 Å². The number of rotatable bonds is 6. The number of imidazole rings is 1. The zero-order chi connectivity index (χ0) is 14.6. The largest absolute Gasteiger partial charge is 0.279 e. The van der Waals surface area contributed by atoms with E-state index in [2.05, 4.69) is 4.98 Å². The van der Waals surface area contributed by atoms with Crippen molar-refractivity contribution in [1.29, 1.82) is 0 Å². The van der Waals surface area contributed by atoms with E-state index < -0.39 is 10.0 Å². The number of thiazole rings is 1. The minimum atomic E-state index is -3.59. The number of hydrogen-bond acceptors (Lipinski definition) is 4. The van der Waals surface area contributed by atoms with Crippen LogP contribution >= 0.6 is 22.9 Å². The number of sulfonamides is 1. The van der Waals surface area contributed by atoms with Gasteiger partial charge in [0.15, 0.2) is 15.1 Å². The molecule has 8 heteroatoms. The molecule has 2 aliphatic carbocycles. The third-order valence-corrected chi connectivity index (χ3v) is 7.07. The Morgan fingerprint density at radius 3 is 2.48 bits per heavy atom. The zero-order valence-electron chi connectivity index (χ0n) is 11.4. The van der Waals surface area contributed by atoms with Gasteiger partial charge in [0.25, 0.3) is 10.0 Å². The molecule has 2 aliphatic rings. The van der Waals surface area contributed by atoms with E-state index in [4.69, 9.17) is 11.6 Å². The Balaban J connectivity index is 1.74. The molecule has 0 amide bonds. The molecule has 21 heavy (non-hydrogen) atoms.